The molecule has 0 bridgehead atoms. The Kier molecular flexibility index (Phi) is 5.71. The van der Waals surface area contributed by atoms with Crippen molar-refractivity contribution in [1.82, 2.24) is 8.87 Å². The number of sulfonamides is 1. The summed E-state index contributed by atoms with van der Waals surface area (Å²) in [5.41, 5.74) is 1.58. The molecule has 2 heterocycles. The van der Waals surface area contributed by atoms with Crippen LogP contribution in [0.15, 0.2) is 46.1 Å². The van der Waals surface area contributed by atoms with Crippen molar-refractivity contribution in [2.45, 2.75) is 24.7 Å². The summed E-state index contributed by atoms with van der Waals surface area (Å²) in [5, 5.41) is 2.72. The van der Waals surface area contributed by atoms with Crippen LogP contribution < -0.4 is 10.2 Å². The van der Waals surface area contributed by atoms with Gasteiger partial charge in [-0.2, -0.15) is 4.31 Å². The van der Waals surface area contributed by atoms with Gasteiger partial charge in [-0.15, -0.1) is 0 Å². The lowest BCUT2D eigenvalue weighted by Crippen LogP contribution is -2.41. The second-order valence-corrected chi connectivity index (χ2v) is 10.6. The summed E-state index contributed by atoms with van der Waals surface area (Å²) < 4.78 is 43.3. The number of thiazole rings is 1. The van der Waals surface area contributed by atoms with E-state index >= 15 is 0 Å². The van der Waals surface area contributed by atoms with Crippen LogP contribution >= 0.6 is 11.3 Å². The SMILES string of the molecule is Cc1ccc(NC(=O)C2CCN(S(=O)(=O)c3ccc4c(c3)sc(=O)n4C)CC2)cc1F. The van der Waals surface area contributed by atoms with Crippen molar-refractivity contribution in [3.8, 4) is 0 Å². The molecule has 0 aliphatic carbocycles. The Bertz CT molecular complexity index is 1320. The molecular weight excluding hydrogens is 441 g/mol. The summed E-state index contributed by atoms with van der Waals surface area (Å²) in [4.78, 5) is 24.4. The summed E-state index contributed by atoms with van der Waals surface area (Å²) in [6.45, 7) is 2.07. The molecule has 1 aromatic heterocycles. The monoisotopic (exact) mass is 463 g/mol. The van der Waals surface area contributed by atoms with E-state index in [0.717, 1.165) is 11.3 Å². The molecule has 1 N–H and O–H groups in total. The van der Waals surface area contributed by atoms with E-state index in [-0.39, 0.29) is 40.5 Å². The zero-order chi connectivity index (χ0) is 22.3. The molecule has 31 heavy (non-hydrogen) atoms. The summed E-state index contributed by atoms with van der Waals surface area (Å²) >= 11 is 1.01. The van der Waals surface area contributed by atoms with E-state index in [1.165, 1.54) is 27.1 Å². The maximum Gasteiger partial charge on any atom is 0.307 e. The van der Waals surface area contributed by atoms with Crippen molar-refractivity contribution in [1.29, 1.82) is 0 Å². The molecule has 1 amide bonds. The minimum Gasteiger partial charge on any atom is -0.326 e. The first-order chi connectivity index (χ1) is 14.7. The first-order valence-corrected chi connectivity index (χ1v) is 12.1. The van der Waals surface area contributed by atoms with Gasteiger partial charge in [0.25, 0.3) is 0 Å². The largest absolute Gasteiger partial charge is 0.326 e. The van der Waals surface area contributed by atoms with Gasteiger partial charge in [0.15, 0.2) is 0 Å². The average molecular weight is 464 g/mol. The van der Waals surface area contributed by atoms with Gasteiger partial charge in [0.1, 0.15) is 5.82 Å². The third-order valence-electron chi connectivity index (χ3n) is 5.67. The van der Waals surface area contributed by atoms with Gasteiger partial charge in [-0.25, -0.2) is 12.8 Å². The van der Waals surface area contributed by atoms with Crippen LogP contribution in [0.5, 0.6) is 0 Å². The summed E-state index contributed by atoms with van der Waals surface area (Å²) in [6, 6.07) is 9.20. The topological polar surface area (TPSA) is 88.5 Å². The number of hydrogen-bond acceptors (Lipinski definition) is 5. The minimum atomic E-state index is -3.73. The van der Waals surface area contributed by atoms with Crippen LogP contribution in [0.3, 0.4) is 0 Å². The molecule has 0 spiro atoms. The highest BCUT2D eigenvalue weighted by molar-refractivity contribution is 7.89. The van der Waals surface area contributed by atoms with Crippen LogP contribution in [0.25, 0.3) is 10.2 Å². The van der Waals surface area contributed by atoms with Crippen molar-refractivity contribution < 1.29 is 17.6 Å². The lowest BCUT2D eigenvalue weighted by atomic mass is 9.97. The molecule has 1 aliphatic heterocycles. The lowest BCUT2D eigenvalue weighted by Gasteiger charge is -2.30. The number of carbonyl (C=O) groups is 1. The number of amides is 1. The van der Waals surface area contributed by atoms with Crippen molar-refractivity contribution in [2.75, 3.05) is 18.4 Å². The highest BCUT2D eigenvalue weighted by atomic mass is 32.2. The Morgan fingerprint density at radius 1 is 1.16 bits per heavy atom. The predicted octanol–water partition coefficient (Wildman–Crippen LogP) is 3.09. The molecule has 164 valence electrons. The van der Waals surface area contributed by atoms with Crippen molar-refractivity contribution >= 4 is 43.2 Å². The van der Waals surface area contributed by atoms with Crippen LogP contribution in [0, 0.1) is 18.7 Å². The van der Waals surface area contributed by atoms with Gasteiger partial charge < -0.3 is 9.88 Å². The van der Waals surface area contributed by atoms with Gasteiger partial charge in [0, 0.05) is 31.7 Å². The standard InChI is InChI=1S/C21H22FN3O4S2/c1-13-3-4-15(11-17(13)22)23-20(26)14-7-9-25(10-8-14)31(28,29)16-5-6-18-19(12-16)30-21(27)24(18)2/h3-6,11-12,14H,7-10H2,1-2H3,(H,23,26). The number of aryl methyl sites for hydroxylation is 2. The van der Waals surface area contributed by atoms with E-state index < -0.39 is 10.0 Å². The fraction of sp³-hybridized carbons (Fsp3) is 0.333. The quantitative estimate of drug-likeness (QED) is 0.644. The highest BCUT2D eigenvalue weighted by Gasteiger charge is 2.32. The Hall–Kier alpha value is -2.56. The number of rotatable bonds is 4. The number of benzene rings is 2. The number of piperidine rings is 1. The minimum absolute atomic E-state index is 0.139. The normalized spacial score (nSPS) is 16.0. The molecule has 7 nitrogen and oxygen atoms in total. The fourth-order valence-electron chi connectivity index (χ4n) is 3.70. The summed E-state index contributed by atoms with van der Waals surface area (Å²) in [6.07, 6.45) is 0.751. The Balaban J connectivity index is 1.44. The van der Waals surface area contributed by atoms with Crippen LogP contribution in [0.1, 0.15) is 18.4 Å². The second kappa shape index (κ2) is 8.18. The van der Waals surface area contributed by atoms with E-state index in [9.17, 15) is 22.4 Å². The van der Waals surface area contributed by atoms with Gasteiger partial charge >= 0.3 is 4.87 Å². The lowest BCUT2D eigenvalue weighted by molar-refractivity contribution is -0.120. The fourth-order valence-corrected chi connectivity index (χ4v) is 6.19. The first-order valence-electron chi connectivity index (χ1n) is 9.83. The zero-order valence-corrected chi connectivity index (χ0v) is 18.7. The predicted molar refractivity (Wildman–Crippen MR) is 118 cm³/mol. The van der Waals surface area contributed by atoms with Crippen LogP contribution in [0.4, 0.5) is 10.1 Å². The molecule has 0 radical (unpaired) electrons. The molecule has 1 aliphatic rings. The van der Waals surface area contributed by atoms with Gasteiger partial charge in [-0.05, 0) is 55.7 Å². The van der Waals surface area contributed by atoms with Gasteiger partial charge in [-0.1, -0.05) is 17.4 Å². The number of carbonyl (C=O) groups excluding carboxylic acids is 1. The number of nitrogens with one attached hydrogen (secondary N) is 1. The molecule has 10 heteroatoms. The number of hydrogen-bond donors (Lipinski definition) is 1. The third kappa shape index (κ3) is 4.15. The van der Waals surface area contributed by atoms with Gasteiger partial charge in [0.05, 0.1) is 15.1 Å². The number of anilines is 1. The number of fused-ring (bicyclic) bond motifs is 1. The number of aromatic nitrogens is 1. The molecular formula is C21H22FN3O4S2. The van der Waals surface area contributed by atoms with Crippen molar-refractivity contribution in [3.05, 3.63) is 57.4 Å². The van der Waals surface area contributed by atoms with Crippen LogP contribution in [0.2, 0.25) is 0 Å². The van der Waals surface area contributed by atoms with Crippen LogP contribution in [-0.2, 0) is 21.9 Å². The molecule has 4 rings (SSSR count). The maximum atomic E-state index is 13.7. The zero-order valence-electron chi connectivity index (χ0n) is 17.1. The second-order valence-electron chi connectivity index (χ2n) is 7.69. The van der Waals surface area contributed by atoms with E-state index in [0.29, 0.717) is 34.3 Å². The molecule has 1 fully saturated rings. The Labute approximate surface area is 183 Å². The molecule has 0 unspecified atom stereocenters. The highest BCUT2D eigenvalue weighted by Crippen LogP contribution is 2.28. The third-order valence-corrected chi connectivity index (χ3v) is 8.56. The van der Waals surface area contributed by atoms with E-state index in [2.05, 4.69) is 5.32 Å². The maximum absolute atomic E-state index is 13.7. The van der Waals surface area contributed by atoms with Crippen molar-refractivity contribution in [2.24, 2.45) is 13.0 Å². The van der Waals surface area contributed by atoms with Gasteiger partial charge in [0.2, 0.25) is 15.9 Å². The van der Waals surface area contributed by atoms with E-state index in [4.69, 9.17) is 0 Å². The average Bonchev–Trinajstić information content (AvgIpc) is 3.04. The summed E-state index contributed by atoms with van der Waals surface area (Å²) in [7, 11) is -2.08. The Morgan fingerprint density at radius 3 is 2.55 bits per heavy atom. The molecule has 0 atom stereocenters. The molecule has 1 saturated heterocycles. The van der Waals surface area contributed by atoms with Crippen LogP contribution in [-0.4, -0.2) is 36.3 Å². The van der Waals surface area contributed by atoms with Crippen molar-refractivity contribution in [3.63, 3.8) is 0 Å². The first kappa shape index (κ1) is 21.7. The van der Waals surface area contributed by atoms with Gasteiger partial charge in [-0.3, -0.25) is 9.59 Å². The molecule has 3 aromatic rings. The number of nitrogens with zero attached hydrogens (tertiary/aromatic N) is 2. The Morgan fingerprint density at radius 2 is 1.87 bits per heavy atom. The van der Waals surface area contributed by atoms with E-state index in [1.54, 1.807) is 32.2 Å². The molecule has 0 saturated carbocycles. The number of halogens is 1. The summed E-state index contributed by atoms with van der Waals surface area (Å²) in [5.74, 6) is -0.979. The smallest absolute Gasteiger partial charge is 0.307 e. The van der Waals surface area contributed by atoms with E-state index in [1.807, 2.05) is 0 Å². The molecule has 2 aromatic carbocycles.